The van der Waals surface area contributed by atoms with Gasteiger partial charge in [0.1, 0.15) is 22.9 Å². The minimum atomic E-state index is -1.40. The molecule has 1 aromatic carbocycles. The second kappa shape index (κ2) is 10.5. The number of ketones is 1. The van der Waals surface area contributed by atoms with Gasteiger partial charge in [0.2, 0.25) is 5.43 Å². The molecule has 5 fully saturated rings. The Kier molecular flexibility index (Phi) is 7.14. The number of carbonyl (C=O) groups is 2. The number of likely N-dealkylation sites (N-methyl/N-ethyl adjacent to an activating group) is 2. The van der Waals surface area contributed by atoms with Crippen molar-refractivity contribution in [3.05, 3.63) is 39.7 Å². The lowest BCUT2D eigenvalue weighted by Crippen LogP contribution is -2.46. The number of Topliss-reactive ketones (excluding diaryl/α,β-unsaturated/α-hetero) is 1. The zero-order valence-electron chi connectivity index (χ0n) is 22.7. The molecule has 0 amide bonds. The first kappa shape index (κ1) is 27.3. The molecule has 40 heavy (non-hydrogen) atoms. The summed E-state index contributed by atoms with van der Waals surface area (Å²) in [6.07, 6.45) is 3.52. The molecule has 1 aliphatic carbocycles. The highest BCUT2D eigenvalue weighted by molar-refractivity contribution is 5.94. The number of carboxylic acid groups (broad SMARTS) is 1. The second-order valence-electron chi connectivity index (χ2n) is 11.9. The molecule has 4 atom stereocenters. The number of aromatic nitrogens is 1. The van der Waals surface area contributed by atoms with E-state index in [0.29, 0.717) is 50.7 Å². The first-order chi connectivity index (χ1) is 19.1. The molecule has 12 heteroatoms. The lowest BCUT2D eigenvalue weighted by Gasteiger charge is -2.33. The number of halogens is 2. The van der Waals surface area contributed by atoms with Gasteiger partial charge >= 0.3 is 5.97 Å². The number of piperidine rings is 1. The number of nitrogens with one attached hydrogen (secondary N) is 1. The van der Waals surface area contributed by atoms with E-state index in [1.54, 1.807) is 4.90 Å². The van der Waals surface area contributed by atoms with E-state index in [-0.39, 0.29) is 34.6 Å². The Morgan fingerprint density at radius 1 is 1.07 bits per heavy atom. The number of hydrogen-bond acceptors (Lipinski definition) is 8. The number of nitrogens with zero attached hydrogens (tertiary/aromatic N) is 4. The van der Waals surface area contributed by atoms with Gasteiger partial charge in [0, 0.05) is 56.3 Å². The number of pyridine rings is 1. The molecule has 216 valence electrons. The topological polar surface area (TPSA) is 107 Å². The average molecular weight is 560 g/mol. The van der Waals surface area contributed by atoms with Crippen molar-refractivity contribution in [1.29, 1.82) is 0 Å². The largest absolute Gasteiger partial charge is 0.477 e. The maximum atomic E-state index is 15.7. The molecule has 5 heterocycles. The van der Waals surface area contributed by atoms with E-state index in [9.17, 15) is 19.5 Å². The molecule has 0 bridgehead atoms. The highest BCUT2D eigenvalue weighted by Crippen LogP contribution is 2.41. The summed E-state index contributed by atoms with van der Waals surface area (Å²) in [6, 6.07) is 1.67. The Bertz CT molecular complexity index is 1410. The predicted octanol–water partition coefficient (Wildman–Crippen LogP) is 1.52. The lowest BCUT2D eigenvalue weighted by atomic mass is 9.92. The van der Waals surface area contributed by atoms with Gasteiger partial charge in [0.15, 0.2) is 5.82 Å². The van der Waals surface area contributed by atoms with Crippen molar-refractivity contribution in [2.45, 2.75) is 37.4 Å². The third-order valence-corrected chi connectivity index (χ3v) is 9.06. The van der Waals surface area contributed by atoms with E-state index in [1.807, 2.05) is 19.0 Å². The van der Waals surface area contributed by atoms with Crippen LogP contribution in [0.3, 0.4) is 0 Å². The third-order valence-electron chi connectivity index (χ3n) is 9.06. The van der Waals surface area contributed by atoms with Crippen LogP contribution < -0.4 is 15.6 Å². The van der Waals surface area contributed by atoms with Crippen molar-refractivity contribution in [2.75, 3.05) is 65.1 Å². The summed E-state index contributed by atoms with van der Waals surface area (Å²) in [4.78, 5) is 41.1. The van der Waals surface area contributed by atoms with Crippen molar-refractivity contribution in [3.8, 4) is 0 Å². The van der Waals surface area contributed by atoms with E-state index in [1.165, 1.54) is 10.8 Å². The summed E-state index contributed by atoms with van der Waals surface area (Å²) < 4.78 is 37.8. The SMILES string of the molecule is CN1CC(=O)CC2CNCC21.CN1COCC2CN(c3c(F)cc4c(=O)c(C(=O)O)cn(C5CC5)c4c3F)CC21. The van der Waals surface area contributed by atoms with Crippen molar-refractivity contribution >= 4 is 28.3 Å². The van der Waals surface area contributed by atoms with Crippen LogP contribution in [0.1, 0.15) is 35.7 Å². The normalized spacial score (nSPS) is 28.8. The molecular weight excluding hydrogens is 524 g/mol. The maximum absolute atomic E-state index is 15.7. The van der Waals surface area contributed by atoms with E-state index in [4.69, 9.17) is 4.74 Å². The van der Waals surface area contributed by atoms with Gasteiger partial charge in [0.25, 0.3) is 0 Å². The fraction of sp³-hybridized carbons (Fsp3) is 0.607. The van der Waals surface area contributed by atoms with Crippen LogP contribution in [0.25, 0.3) is 10.9 Å². The average Bonchev–Trinajstić information content (AvgIpc) is 3.46. The van der Waals surface area contributed by atoms with Crippen LogP contribution in [0.2, 0.25) is 0 Å². The standard InChI is InChI=1S/C20H21F2N3O4.C8H14N2O/c1-23-9-29-8-10-5-24(7-15(10)23)18-14(21)4-12-17(16(18)22)25(11-2-3-11)6-13(19(12)26)20(27)28;1-10-5-7(11)2-6-3-9-4-8(6)10/h4,6,10-11,15H,2-3,5,7-9H2,1H3,(H,27,28);6,8-9H,2-5H2,1H3. The van der Waals surface area contributed by atoms with Gasteiger partial charge < -0.3 is 24.6 Å². The summed E-state index contributed by atoms with van der Waals surface area (Å²) >= 11 is 0. The molecule has 1 saturated carbocycles. The Morgan fingerprint density at radius 2 is 1.85 bits per heavy atom. The van der Waals surface area contributed by atoms with E-state index in [0.717, 1.165) is 38.4 Å². The van der Waals surface area contributed by atoms with Gasteiger partial charge in [-0.1, -0.05) is 0 Å². The number of likely N-dealkylation sites (tertiary alicyclic amines) is 1. The van der Waals surface area contributed by atoms with Crippen molar-refractivity contribution in [1.82, 2.24) is 19.7 Å². The number of rotatable bonds is 3. The van der Waals surface area contributed by atoms with Crippen LogP contribution in [-0.4, -0.2) is 103 Å². The van der Waals surface area contributed by atoms with Crippen LogP contribution in [0.15, 0.2) is 17.1 Å². The number of ether oxygens (including phenoxy) is 1. The quantitative estimate of drug-likeness (QED) is 0.579. The van der Waals surface area contributed by atoms with Crippen LogP contribution in [-0.2, 0) is 9.53 Å². The van der Waals surface area contributed by atoms with Gasteiger partial charge in [-0.15, -0.1) is 0 Å². The number of benzene rings is 1. The summed E-state index contributed by atoms with van der Waals surface area (Å²) in [5, 5.41) is 12.4. The molecular formula is C28H35F2N5O5. The Hall–Kier alpha value is -2.93. The Labute approximate surface area is 230 Å². The fourth-order valence-electron chi connectivity index (χ4n) is 6.85. The molecule has 0 spiro atoms. The molecule has 0 radical (unpaired) electrons. The van der Waals surface area contributed by atoms with Gasteiger partial charge in [-0.05, 0) is 45.5 Å². The number of hydrogen-bond donors (Lipinski definition) is 2. The van der Waals surface area contributed by atoms with Crippen LogP contribution in [0.4, 0.5) is 14.5 Å². The minimum absolute atomic E-state index is 0.0154. The second-order valence-corrected chi connectivity index (χ2v) is 11.9. The Balaban J connectivity index is 0.000000219. The first-order valence-electron chi connectivity index (χ1n) is 13.9. The zero-order valence-corrected chi connectivity index (χ0v) is 22.7. The van der Waals surface area contributed by atoms with E-state index in [2.05, 4.69) is 10.2 Å². The van der Waals surface area contributed by atoms with Crippen molar-refractivity contribution in [2.24, 2.45) is 11.8 Å². The number of aromatic carboxylic acids is 1. The molecule has 2 N–H and O–H groups in total. The highest BCUT2D eigenvalue weighted by Gasteiger charge is 2.41. The number of carbonyl (C=O) groups excluding carboxylic acids is 1. The van der Waals surface area contributed by atoms with Crippen LogP contribution >= 0.6 is 0 Å². The summed E-state index contributed by atoms with van der Waals surface area (Å²) in [6.45, 7) is 4.69. The molecule has 5 aliphatic rings. The zero-order chi connectivity index (χ0) is 28.3. The van der Waals surface area contributed by atoms with Crippen molar-refractivity contribution in [3.63, 3.8) is 0 Å². The molecule has 4 unspecified atom stereocenters. The van der Waals surface area contributed by atoms with Gasteiger partial charge in [-0.3, -0.25) is 19.4 Å². The molecule has 10 nitrogen and oxygen atoms in total. The Morgan fingerprint density at radius 3 is 2.55 bits per heavy atom. The van der Waals surface area contributed by atoms with Gasteiger partial charge in [0.05, 0.1) is 30.8 Å². The van der Waals surface area contributed by atoms with E-state index >= 15 is 8.78 Å². The summed E-state index contributed by atoms with van der Waals surface area (Å²) in [7, 11) is 3.97. The first-order valence-corrected chi connectivity index (χ1v) is 13.9. The minimum Gasteiger partial charge on any atom is -0.477 e. The fourth-order valence-corrected chi connectivity index (χ4v) is 6.85. The number of fused-ring (bicyclic) bond motifs is 3. The van der Waals surface area contributed by atoms with Gasteiger partial charge in [-0.2, -0.15) is 0 Å². The molecule has 7 rings (SSSR count). The number of anilines is 1. The molecule has 1 aromatic heterocycles. The summed E-state index contributed by atoms with van der Waals surface area (Å²) in [5.41, 5.74) is -1.51. The third kappa shape index (κ3) is 4.80. The van der Waals surface area contributed by atoms with E-state index < -0.39 is 28.6 Å². The number of carboxylic acids is 1. The summed E-state index contributed by atoms with van der Waals surface area (Å²) in [5.74, 6) is -1.92. The molecule has 2 aromatic rings. The predicted molar refractivity (Wildman–Crippen MR) is 144 cm³/mol. The van der Waals surface area contributed by atoms with Gasteiger partial charge in [-0.25, -0.2) is 13.6 Å². The molecule has 4 saturated heterocycles. The lowest BCUT2D eigenvalue weighted by molar-refractivity contribution is -0.124. The van der Waals surface area contributed by atoms with Crippen LogP contribution in [0, 0.1) is 23.5 Å². The monoisotopic (exact) mass is 559 g/mol. The van der Waals surface area contributed by atoms with Crippen LogP contribution in [0.5, 0.6) is 0 Å². The maximum Gasteiger partial charge on any atom is 0.341 e. The highest BCUT2D eigenvalue weighted by atomic mass is 19.1. The van der Waals surface area contributed by atoms with Crippen molar-refractivity contribution < 1.29 is 28.2 Å². The smallest absolute Gasteiger partial charge is 0.341 e. The molecule has 4 aliphatic heterocycles.